The van der Waals surface area contributed by atoms with Crippen LogP contribution in [0.15, 0.2) is 60.7 Å². The van der Waals surface area contributed by atoms with E-state index >= 15 is 0 Å². The van der Waals surface area contributed by atoms with Gasteiger partial charge in [0.25, 0.3) is 11.8 Å². The summed E-state index contributed by atoms with van der Waals surface area (Å²) in [5.74, 6) is 0.753. The monoisotopic (exact) mass is 440 g/mol. The minimum absolute atomic E-state index is 0.0831. The van der Waals surface area contributed by atoms with E-state index in [9.17, 15) is 9.59 Å². The number of rotatable bonds is 5. The van der Waals surface area contributed by atoms with Gasteiger partial charge in [-0.25, -0.2) is 0 Å². The number of fused-ring (bicyclic) bond motifs is 2. The van der Waals surface area contributed by atoms with Crippen LogP contribution in [0.2, 0.25) is 0 Å². The van der Waals surface area contributed by atoms with Gasteiger partial charge in [-0.2, -0.15) is 0 Å². The highest BCUT2D eigenvalue weighted by molar-refractivity contribution is 6.35. The van der Waals surface area contributed by atoms with Gasteiger partial charge in [0, 0.05) is 29.1 Å². The SMILES string of the molecule is COc1cc(/C=C2\C(=O)Nc3ccc(C)cc32)ccc1OCC(=O)N1CCc2ccccc21. The highest BCUT2D eigenvalue weighted by atomic mass is 16.5. The molecule has 0 bridgehead atoms. The van der Waals surface area contributed by atoms with E-state index in [1.807, 2.05) is 61.5 Å². The third-order valence-corrected chi connectivity index (χ3v) is 6.00. The van der Waals surface area contributed by atoms with Crippen LogP contribution in [0.25, 0.3) is 11.6 Å². The number of nitrogens with one attached hydrogen (secondary N) is 1. The molecule has 6 nitrogen and oxygen atoms in total. The highest BCUT2D eigenvalue weighted by Gasteiger charge is 2.25. The standard InChI is InChI=1S/C27H24N2O4/c1-17-7-9-22-20(13-17)21(27(31)28-22)14-18-8-10-24(25(15-18)32-2)33-16-26(30)29-12-11-19-5-3-4-6-23(19)29/h3-10,13-15H,11-12,16H2,1-2H3,(H,28,31)/b21-14-. The zero-order valence-electron chi connectivity index (χ0n) is 18.6. The van der Waals surface area contributed by atoms with Crippen molar-refractivity contribution in [1.29, 1.82) is 0 Å². The molecule has 2 heterocycles. The van der Waals surface area contributed by atoms with Crippen LogP contribution in [-0.2, 0) is 16.0 Å². The molecule has 1 N–H and O–H groups in total. The Bertz CT molecular complexity index is 1300. The number of methoxy groups -OCH3 is 1. The predicted molar refractivity (Wildman–Crippen MR) is 129 cm³/mol. The molecule has 166 valence electrons. The molecule has 2 amide bonds. The summed E-state index contributed by atoms with van der Waals surface area (Å²) in [6.45, 7) is 2.58. The van der Waals surface area contributed by atoms with Gasteiger partial charge in [-0.3, -0.25) is 9.59 Å². The summed E-state index contributed by atoms with van der Waals surface area (Å²) >= 11 is 0. The number of aryl methyl sites for hydroxylation is 1. The molecule has 0 saturated carbocycles. The van der Waals surface area contributed by atoms with E-state index in [4.69, 9.17) is 9.47 Å². The zero-order chi connectivity index (χ0) is 22.9. The van der Waals surface area contributed by atoms with E-state index < -0.39 is 0 Å². The maximum Gasteiger partial charge on any atom is 0.264 e. The van der Waals surface area contributed by atoms with Crippen molar-refractivity contribution in [1.82, 2.24) is 0 Å². The topological polar surface area (TPSA) is 67.9 Å². The Morgan fingerprint density at radius 3 is 2.79 bits per heavy atom. The van der Waals surface area contributed by atoms with Crippen LogP contribution in [0.5, 0.6) is 11.5 Å². The molecule has 5 rings (SSSR count). The van der Waals surface area contributed by atoms with Gasteiger partial charge in [-0.15, -0.1) is 0 Å². The fourth-order valence-electron chi connectivity index (χ4n) is 4.32. The summed E-state index contributed by atoms with van der Waals surface area (Å²) in [6, 6.07) is 19.2. The first-order valence-corrected chi connectivity index (χ1v) is 10.9. The van der Waals surface area contributed by atoms with Gasteiger partial charge in [0.1, 0.15) is 0 Å². The van der Waals surface area contributed by atoms with Gasteiger partial charge in [-0.1, -0.05) is 35.9 Å². The second-order valence-corrected chi connectivity index (χ2v) is 8.18. The summed E-state index contributed by atoms with van der Waals surface area (Å²) in [5.41, 5.74) is 6.31. The normalized spacial score (nSPS) is 15.3. The first-order chi connectivity index (χ1) is 16.0. The van der Waals surface area contributed by atoms with Crippen LogP contribution < -0.4 is 19.7 Å². The number of ether oxygens (including phenoxy) is 2. The maximum atomic E-state index is 12.8. The van der Waals surface area contributed by atoms with Crippen molar-refractivity contribution in [3.05, 3.63) is 82.9 Å². The average Bonchev–Trinajstić information content (AvgIpc) is 3.39. The van der Waals surface area contributed by atoms with Crippen molar-refractivity contribution < 1.29 is 19.1 Å². The first kappa shape index (κ1) is 20.8. The first-order valence-electron chi connectivity index (χ1n) is 10.9. The Balaban J connectivity index is 1.34. The third kappa shape index (κ3) is 3.96. The van der Waals surface area contributed by atoms with Gasteiger partial charge < -0.3 is 19.7 Å². The Morgan fingerprint density at radius 2 is 1.94 bits per heavy atom. The second-order valence-electron chi connectivity index (χ2n) is 8.18. The van der Waals surface area contributed by atoms with Crippen LogP contribution >= 0.6 is 0 Å². The maximum absolute atomic E-state index is 12.8. The molecule has 3 aromatic carbocycles. The number of anilines is 2. The number of benzene rings is 3. The molecule has 0 spiro atoms. The van der Waals surface area contributed by atoms with Crippen LogP contribution in [0.4, 0.5) is 11.4 Å². The number of para-hydroxylation sites is 1. The molecule has 0 aliphatic carbocycles. The van der Waals surface area contributed by atoms with Gasteiger partial charge in [0.2, 0.25) is 0 Å². The lowest BCUT2D eigenvalue weighted by Crippen LogP contribution is -2.33. The Morgan fingerprint density at radius 1 is 1.09 bits per heavy atom. The molecule has 33 heavy (non-hydrogen) atoms. The van der Waals surface area contributed by atoms with Crippen LogP contribution in [0.3, 0.4) is 0 Å². The molecular weight excluding hydrogens is 416 g/mol. The number of nitrogens with zero attached hydrogens (tertiary/aromatic N) is 1. The molecule has 0 radical (unpaired) electrons. The van der Waals surface area contributed by atoms with Crippen molar-refractivity contribution in [3.8, 4) is 11.5 Å². The minimum atomic E-state index is -0.133. The Labute approximate surface area is 192 Å². The number of hydrogen-bond donors (Lipinski definition) is 1. The number of carbonyl (C=O) groups is 2. The molecule has 0 atom stereocenters. The third-order valence-electron chi connectivity index (χ3n) is 6.00. The van der Waals surface area contributed by atoms with E-state index in [-0.39, 0.29) is 18.4 Å². The van der Waals surface area contributed by atoms with E-state index in [1.165, 1.54) is 5.56 Å². The Kier molecular flexibility index (Phi) is 5.34. The van der Waals surface area contributed by atoms with E-state index in [0.717, 1.165) is 34.5 Å². The molecule has 0 aromatic heterocycles. The Hall–Kier alpha value is -4.06. The van der Waals surface area contributed by atoms with Gasteiger partial charge in [0.15, 0.2) is 18.1 Å². The van der Waals surface area contributed by atoms with Gasteiger partial charge >= 0.3 is 0 Å². The summed E-state index contributed by atoms with van der Waals surface area (Å²) in [5, 5.41) is 2.90. The summed E-state index contributed by atoms with van der Waals surface area (Å²) in [4.78, 5) is 27.0. The largest absolute Gasteiger partial charge is 0.493 e. The van der Waals surface area contributed by atoms with Crippen molar-refractivity contribution in [3.63, 3.8) is 0 Å². The minimum Gasteiger partial charge on any atom is -0.493 e. The van der Waals surface area contributed by atoms with Crippen molar-refractivity contribution in [2.24, 2.45) is 0 Å². The van der Waals surface area contributed by atoms with E-state index in [0.29, 0.717) is 23.6 Å². The molecule has 0 unspecified atom stereocenters. The lowest BCUT2D eigenvalue weighted by atomic mass is 10.0. The summed E-state index contributed by atoms with van der Waals surface area (Å²) in [7, 11) is 1.55. The molecule has 6 heteroatoms. The fourth-order valence-corrected chi connectivity index (χ4v) is 4.32. The molecule has 2 aliphatic rings. The van der Waals surface area contributed by atoms with Gasteiger partial charge in [0.05, 0.1) is 7.11 Å². The zero-order valence-corrected chi connectivity index (χ0v) is 18.6. The van der Waals surface area contributed by atoms with Crippen molar-refractivity contribution >= 4 is 34.8 Å². The molecule has 0 saturated heterocycles. The number of amides is 2. The number of hydrogen-bond acceptors (Lipinski definition) is 4. The smallest absolute Gasteiger partial charge is 0.264 e. The second kappa shape index (κ2) is 8.47. The molecular formula is C27H24N2O4. The lowest BCUT2D eigenvalue weighted by Gasteiger charge is -2.18. The average molecular weight is 440 g/mol. The highest BCUT2D eigenvalue weighted by Crippen LogP contribution is 2.35. The van der Waals surface area contributed by atoms with Crippen LogP contribution in [-0.4, -0.2) is 32.1 Å². The number of carbonyl (C=O) groups excluding carboxylic acids is 2. The summed E-state index contributed by atoms with van der Waals surface area (Å²) < 4.78 is 11.3. The van der Waals surface area contributed by atoms with Crippen LogP contribution in [0.1, 0.15) is 22.3 Å². The van der Waals surface area contributed by atoms with Crippen LogP contribution in [0, 0.1) is 6.92 Å². The van der Waals surface area contributed by atoms with E-state index in [1.54, 1.807) is 24.1 Å². The van der Waals surface area contributed by atoms with E-state index in [2.05, 4.69) is 5.32 Å². The molecule has 0 fully saturated rings. The fraction of sp³-hybridized carbons (Fsp3) is 0.185. The summed E-state index contributed by atoms with van der Waals surface area (Å²) in [6.07, 6.45) is 2.68. The van der Waals surface area contributed by atoms with Gasteiger partial charge in [-0.05, 0) is 60.9 Å². The lowest BCUT2D eigenvalue weighted by molar-refractivity contribution is -0.120. The molecule has 2 aliphatic heterocycles. The van der Waals surface area contributed by atoms with Crippen molar-refractivity contribution in [2.75, 3.05) is 30.5 Å². The van der Waals surface area contributed by atoms with Crippen molar-refractivity contribution in [2.45, 2.75) is 13.3 Å². The molecule has 3 aromatic rings. The predicted octanol–water partition coefficient (Wildman–Crippen LogP) is 4.46. The quantitative estimate of drug-likeness (QED) is 0.595.